The van der Waals surface area contributed by atoms with E-state index in [0.717, 1.165) is 90.7 Å². The molecule has 38 heavy (non-hydrogen) atoms. The minimum Gasteiger partial charge on any atom is -0.365 e. The normalized spacial score (nSPS) is 23.8. The average molecular weight is 558 g/mol. The summed E-state index contributed by atoms with van der Waals surface area (Å²) in [5, 5.41) is 8.89. The van der Waals surface area contributed by atoms with Gasteiger partial charge < -0.3 is 20.9 Å². The van der Waals surface area contributed by atoms with E-state index in [1.165, 1.54) is 25.7 Å². The van der Waals surface area contributed by atoms with Gasteiger partial charge in [-0.15, -0.1) is 0 Å². The number of likely N-dealkylation sites (tertiary alicyclic amines) is 1. The van der Waals surface area contributed by atoms with Crippen LogP contribution in [0, 0.1) is 0 Å². The van der Waals surface area contributed by atoms with Crippen LogP contribution in [0.25, 0.3) is 11.2 Å². The Morgan fingerprint density at radius 1 is 0.895 bits per heavy atom. The van der Waals surface area contributed by atoms with Crippen LogP contribution in [-0.2, 0) is 6.54 Å². The summed E-state index contributed by atoms with van der Waals surface area (Å²) in [6.07, 6.45) is 13.2. The first kappa shape index (κ1) is 26.1. The number of nitrogens with two attached hydrogens (primary N) is 1. The molecule has 3 aliphatic rings. The summed E-state index contributed by atoms with van der Waals surface area (Å²) in [5.74, 6) is 1.55. The van der Waals surface area contributed by atoms with E-state index in [4.69, 9.17) is 43.9 Å². The van der Waals surface area contributed by atoms with Crippen LogP contribution in [0.15, 0.2) is 24.5 Å². The molecule has 0 unspecified atom stereocenters. The number of rotatable bonds is 7. The topological polar surface area (TPSA) is 96.9 Å². The maximum absolute atomic E-state index is 6.41. The van der Waals surface area contributed by atoms with Crippen molar-refractivity contribution >= 4 is 46.1 Å². The van der Waals surface area contributed by atoms with Gasteiger partial charge in [0.05, 0.1) is 6.33 Å². The molecule has 3 fully saturated rings. The van der Waals surface area contributed by atoms with Crippen molar-refractivity contribution in [3.05, 3.63) is 40.1 Å². The molecule has 8 nitrogen and oxygen atoms in total. The zero-order valence-electron chi connectivity index (χ0n) is 21.9. The number of imidazole rings is 1. The molecule has 1 aromatic carbocycles. The third-order valence-electron chi connectivity index (χ3n) is 8.57. The molecule has 2 aliphatic carbocycles. The van der Waals surface area contributed by atoms with Crippen LogP contribution in [0.4, 0.5) is 11.8 Å². The van der Waals surface area contributed by atoms with Gasteiger partial charge in [0.2, 0.25) is 5.95 Å². The molecule has 204 valence electrons. The van der Waals surface area contributed by atoms with Gasteiger partial charge in [-0.2, -0.15) is 9.97 Å². The Bertz CT molecular complexity index is 1240. The van der Waals surface area contributed by atoms with E-state index in [2.05, 4.69) is 20.1 Å². The van der Waals surface area contributed by atoms with Crippen LogP contribution >= 0.6 is 23.2 Å². The molecule has 3 aromatic rings. The zero-order valence-corrected chi connectivity index (χ0v) is 23.4. The summed E-state index contributed by atoms with van der Waals surface area (Å²) in [6, 6.07) is 7.18. The monoisotopic (exact) mass is 556 g/mol. The Morgan fingerprint density at radius 3 is 2.39 bits per heavy atom. The molecular formula is C28H38Cl2N8. The van der Waals surface area contributed by atoms with Crippen molar-refractivity contribution in [2.24, 2.45) is 5.73 Å². The molecule has 10 heteroatoms. The van der Waals surface area contributed by atoms with E-state index in [0.29, 0.717) is 30.1 Å². The minimum atomic E-state index is 0.318. The van der Waals surface area contributed by atoms with Gasteiger partial charge in [0.1, 0.15) is 0 Å². The van der Waals surface area contributed by atoms with Gasteiger partial charge in [-0.05, 0) is 75.1 Å². The molecular weight excluding hydrogens is 519 g/mol. The van der Waals surface area contributed by atoms with Crippen LogP contribution < -0.4 is 16.4 Å². The number of benzene rings is 1. The summed E-state index contributed by atoms with van der Waals surface area (Å²) in [7, 11) is 0. The van der Waals surface area contributed by atoms with Crippen molar-refractivity contribution in [3.8, 4) is 0 Å². The molecule has 1 saturated heterocycles. The van der Waals surface area contributed by atoms with Crippen molar-refractivity contribution in [2.45, 2.75) is 94.9 Å². The number of hydrogen-bond acceptors (Lipinski definition) is 7. The highest BCUT2D eigenvalue weighted by Gasteiger charge is 2.26. The van der Waals surface area contributed by atoms with Crippen LogP contribution in [-0.4, -0.2) is 55.6 Å². The fourth-order valence-corrected chi connectivity index (χ4v) is 6.68. The molecule has 0 bridgehead atoms. The van der Waals surface area contributed by atoms with E-state index in [1.54, 1.807) is 0 Å². The Hall–Kier alpha value is -2.13. The summed E-state index contributed by atoms with van der Waals surface area (Å²) >= 11 is 12.6. The molecule has 6 rings (SSSR count). The first-order valence-corrected chi connectivity index (χ1v) is 15.0. The van der Waals surface area contributed by atoms with E-state index in [1.807, 2.05) is 24.5 Å². The number of halogens is 2. The summed E-state index contributed by atoms with van der Waals surface area (Å²) in [4.78, 5) is 17.2. The van der Waals surface area contributed by atoms with Gasteiger partial charge >= 0.3 is 0 Å². The maximum Gasteiger partial charge on any atom is 0.227 e. The van der Waals surface area contributed by atoms with Gasteiger partial charge in [0.25, 0.3) is 0 Å². The quantitative estimate of drug-likeness (QED) is 0.328. The highest BCUT2D eigenvalue weighted by Crippen LogP contribution is 2.34. The van der Waals surface area contributed by atoms with Gasteiger partial charge in [-0.25, -0.2) is 4.98 Å². The zero-order chi connectivity index (χ0) is 26.1. The third kappa shape index (κ3) is 5.88. The summed E-state index contributed by atoms with van der Waals surface area (Å²) in [6.45, 7) is 2.78. The highest BCUT2D eigenvalue weighted by molar-refractivity contribution is 6.33. The lowest BCUT2D eigenvalue weighted by atomic mass is 9.92. The summed E-state index contributed by atoms with van der Waals surface area (Å²) < 4.78 is 2.29. The number of piperidine rings is 1. The van der Waals surface area contributed by atoms with E-state index >= 15 is 0 Å². The molecule has 0 radical (unpaired) electrons. The number of anilines is 2. The molecule has 3 heterocycles. The molecule has 1 aliphatic heterocycles. The molecule has 4 N–H and O–H groups in total. The van der Waals surface area contributed by atoms with Crippen LogP contribution in [0.5, 0.6) is 0 Å². The second kappa shape index (κ2) is 11.5. The van der Waals surface area contributed by atoms with Crippen LogP contribution in [0.3, 0.4) is 0 Å². The smallest absolute Gasteiger partial charge is 0.227 e. The second-order valence-electron chi connectivity index (χ2n) is 11.3. The van der Waals surface area contributed by atoms with Gasteiger partial charge in [0.15, 0.2) is 17.0 Å². The fraction of sp³-hybridized carbons (Fsp3) is 0.607. The van der Waals surface area contributed by atoms with E-state index < -0.39 is 0 Å². The number of aromatic nitrogens is 4. The maximum atomic E-state index is 6.41. The third-order valence-corrected chi connectivity index (χ3v) is 9.18. The largest absolute Gasteiger partial charge is 0.365 e. The first-order valence-electron chi connectivity index (χ1n) is 14.2. The standard InChI is InChI=1S/C28H38Cl2N8/c29-19-5-10-24(30)18(15-19)16-37-13-11-22(12-14-37)33-26-25-27(38(17-32-25)23-3-1-2-4-23)36-28(35-26)34-21-8-6-20(31)7-9-21/h5,10,15,17,20-23H,1-4,6-9,11-14,16,31H2,(H2,33,34,35,36). The van der Waals surface area contributed by atoms with Gasteiger partial charge in [-0.1, -0.05) is 36.0 Å². The van der Waals surface area contributed by atoms with Gasteiger partial charge in [-0.3, -0.25) is 4.90 Å². The number of nitrogens with one attached hydrogen (secondary N) is 2. The lowest BCUT2D eigenvalue weighted by molar-refractivity contribution is 0.211. The molecule has 2 saturated carbocycles. The lowest BCUT2D eigenvalue weighted by Gasteiger charge is -2.33. The SMILES string of the molecule is NC1CCC(Nc2nc(NC3CCN(Cc4cc(Cl)ccc4Cl)CC3)c3ncn(C4CCCC4)c3n2)CC1. The Morgan fingerprint density at radius 2 is 1.63 bits per heavy atom. The average Bonchev–Trinajstić information content (AvgIpc) is 3.59. The fourth-order valence-electron chi connectivity index (χ4n) is 6.31. The lowest BCUT2D eigenvalue weighted by Crippen LogP contribution is -2.39. The predicted octanol–water partition coefficient (Wildman–Crippen LogP) is 6.01. The van der Waals surface area contributed by atoms with Crippen molar-refractivity contribution in [2.75, 3.05) is 23.7 Å². The van der Waals surface area contributed by atoms with Crippen molar-refractivity contribution in [3.63, 3.8) is 0 Å². The van der Waals surface area contributed by atoms with E-state index in [-0.39, 0.29) is 0 Å². The molecule has 0 atom stereocenters. The Kier molecular flexibility index (Phi) is 7.93. The first-order chi connectivity index (χ1) is 18.5. The number of hydrogen-bond donors (Lipinski definition) is 3. The number of nitrogens with zero attached hydrogens (tertiary/aromatic N) is 5. The van der Waals surface area contributed by atoms with Crippen molar-refractivity contribution in [1.82, 2.24) is 24.4 Å². The molecule has 0 amide bonds. The van der Waals surface area contributed by atoms with Gasteiger partial charge in [0, 0.05) is 53.8 Å². The number of fused-ring (bicyclic) bond motifs is 1. The highest BCUT2D eigenvalue weighted by atomic mass is 35.5. The summed E-state index contributed by atoms with van der Waals surface area (Å²) in [5.41, 5.74) is 9.04. The van der Waals surface area contributed by atoms with E-state index in [9.17, 15) is 0 Å². The van der Waals surface area contributed by atoms with Crippen LogP contribution in [0.2, 0.25) is 10.0 Å². The predicted molar refractivity (Wildman–Crippen MR) is 155 cm³/mol. The Balaban J connectivity index is 1.18. The second-order valence-corrected chi connectivity index (χ2v) is 12.2. The Labute approximate surface area is 234 Å². The molecule has 0 spiro atoms. The molecule has 2 aromatic heterocycles. The van der Waals surface area contributed by atoms with Crippen molar-refractivity contribution in [1.29, 1.82) is 0 Å². The van der Waals surface area contributed by atoms with Crippen LogP contribution in [0.1, 0.15) is 75.8 Å². The minimum absolute atomic E-state index is 0.318. The van der Waals surface area contributed by atoms with Crippen molar-refractivity contribution < 1.29 is 0 Å².